The van der Waals surface area contributed by atoms with Gasteiger partial charge in [-0.05, 0) is 49.1 Å². The molecule has 0 saturated carbocycles. The molecule has 0 spiro atoms. The molecule has 0 aliphatic carbocycles. The molecular weight excluding hydrogens is 302 g/mol. The van der Waals surface area contributed by atoms with E-state index in [2.05, 4.69) is 31.3 Å². The monoisotopic (exact) mass is 327 g/mol. The fourth-order valence-electron chi connectivity index (χ4n) is 2.33. The molecule has 4 heteroatoms. The van der Waals surface area contributed by atoms with Crippen molar-refractivity contribution in [2.45, 2.75) is 39.2 Å². The molecule has 128 valence electrons. The Morgan fingerprint density at radius 1 is 1.04 bits per heavy atom. The largest absolute Gasteiger partial charge is 0.493 e. The molecule has 24 heavy (non-hydrogen) atoms. The van der Waals surface area contributed by atoms with Gasteiger partial charge in [-0.3, -0.25) is 4.79 Å². The van der Waals surface area contributed by atoms with E-state index in [1.165, 1.54) is 5.56 Å². The molecule has 0 heterocycles. The van der Waals surface area contributed by atoms with E-state index < -0.39 is 6.10 Å². The minimum Gasteiger partial charge on any atom is -0.493 e. The fraction of sp³-hybridized carbons (Fsp3) is 0.350. The summed E-state index contributed by atoms with van der Waals surface area (Å²) in [6.45, 7) is 6.07. The Bertz CT molecular complexity index is 667. The van der Waals surface area contributed by atoms with E-state index in [1.54, 1.807) is 26.2 Å². The summed E-state index contributed by atoms with van der Waals surface area (Å²) in [4.78, 5) is 12.3. The second kappa shape index (κ2) is 8.39. The molecule has 2 atom stereocenters. The van der Waals surface area contributed by atoms with Crippen molar-refractivity contribution < 1.29 is 14.3 Å². The number of benzene rings is 2. The van der Waals surface area contributed by atoms with Gasteiger partial charge in [0.1, 0.15) is 0 Å². The number of ether oxygens (including phenoxy) is 2. The van der Waals surface area contributed by atoms with E-state index in [0.717, 1.165) is 12.1 Å². The number of carbonyl (C=O) groups excluding carboxylic acids is 1. The van der Waals surface area contributed by atoms with Crippen LogP contribution in [0.2, 0.25) is 0 Å². The highest BCUT2D eigenvalue weighted by atomic mass is 16.5. The maximum atomic E-state index is 12.3. The van der Waals surface area contributed by atoms with Gasteiger partial charge in [-0.25, -0.2) is 0 Å². The molecule has 1 N–H and O–H groups in total. The number of para-hydroxylation sites is 2. The molecule has 0 aromatic heterocycles. The second-order valence-electron chi connectivity index (χ2n) is 5.83. The molecule has 4 nitrogen and oxygen atoms in total. The second-order valence-corrected chi connectivity index (χ2v) is 5.83. The van der Waals surface area contributed by atoms with E-state index in [4.69, 9.17) is 9.47 Å². The van der Waals surface area contributed by atoms with Crippen LogP contribution in [0.25, 0.3) is 0 Å². The lowest BCUT2D eigenvalue weighted by Crippen LogP contribution is -2.30. The summed E-state index contributed by atoms with van der Waals surface area (Å²) in [5, 5.41) is 2.88. The first-order chi connectivity index (χ1) is 11.5. The molecule has 2 aromatic rings. The zero-order valence-electron chi connectivity index (χ0n) is 14.7. The summed E-state index contributed by atoms with van der Waals surface area (Å²) in [6, 6.07) is 15.2. The van der Waals surface area contributed by atoms with E-state index in [0.29, 0.717) is 17.4 Å². The van der Waals surface area contributed by atoms with Crippen molar-refractivity contribution >= 4 is 11.6 Å². The molecule has 0 unspecified atom stereocenters. The molecular formula is C20H25NO3. The predicted octanol–water partition coefficient (Wildman–Crippen LogP) is 4.61. The smallest absolute Gasteiger partial charge is 0.265 e. The van der Waals surface area contributed by atoms with Gasteiger partial charge in [0.2, 0.25) is 0 Å². The van der Waals surface area contributed by atoms with E-state index in [1.807, 2.05) is 24.3 Å². The zero-order valence-corrected chi connectivity index (χ0v) is 14.7. The van der Waals surface area contributed by atoms with E-state index in [9.17, 15) is 4.79 Å². The summed E-state index contributed by atoms with van der Waals surface area (Å²) in [6.07, 6.45) is 0.464. The quantitative estimate of drug-likeness (QED) is 0.807. The Morgan fingerprint density at radius 3 is 2.25 bits per heavy atom. The van der Waals surface area contributed by atoms with Crippen LogP contribution >= 0.6 is 0 Å². The first-order valence-electron chi connectivity index (χ1n) is 8.25. The lowest BCUT2D eigenvalue weighted by Gasteiger charge is -2.17. The van der Waals surface area contributed by atoms with Crippen molar-refractivity contribution in [2.24, 2.45) is 0 Å². The number of anilines is 1. The van der Waals surface area contributed by atoms with Crippen LogP contribution in [0.1, 0.15) is 38.7 Å². The van der Waals surface area contributed by atoms with Gasteiger partial charge in [0, 0.05) is 5.69 Å². The lowest BCUT2D eigenvalue weighted by molar-refractivity contribution is -0.122. The van der Waals surface area contributed by atoms with Crippen LogP contribution in [0, 0.1) is 0 Å². The van der Waals surface area contributed by atoms with Crippen LogP contribution in [0.5, 0.6) is 11.5 Å². The fourth-order valence-corrected chi connectivity index (χ4v) is 2.33. The number of hydrogen-bond acceptors (Lipinski definition) is 3. The van der Waals surface area contributed by atoms with Gasteiger partial charge in [0.05, 0.1) is 7.11 Å². The van der Waals surface area contributed by atoms with Crippen molar-refractivity contribution in [1.82, 2.24) is 0 Å². The van der Waals surface area contributed by atoms with Crippen LogP contribution in [-0.2, 0) is 4.79 Å². The minimum atomic E-state index is -0.629. The number of hydrogen-bond donors (Lipinski definition) is 1. The Labute approximate surface area is 143 Å². The van der Waals surface area contributed by atoms with Crippen LogP contribution in [-0.4, -0.2) is 19.1 Å². The number of carbonyl (C=O) groups is 1. The van der Waals surface area contributed by atoms with Crippen molar-refractivity contribution in [2.75, 3.05) is 12.4 Å². The first kappa shape index (κ1) is 17.9. The third-order valence-electron chi connectivity index (χ3n) is 4.10. The third kappa shape index (κ3) is 4.51. The van der Waals surface area contributed by atoms with Gasteiger partial charge in [-0.1, -0.05) is 38.1 Å². The Balaban J connectivity index is 1.98. The van der Waals surface area contributed by atoms with Crippen LogP contribution < -0.4 is 14.8 Å². The van der Waals surface area contributed by atoms with E-state index in [-0.39, 0.29) is 5.91 Å². The van der Waals surface area contributed by atoms with Crippen molar-refractivity contribution in [3.63, 3.8) is 0 Å². The molecule has 0 aliphatic rings. The highest BCUT2D eigenvalue weighted by molar-refractivity contribution is 5.94. The van der Waals surface area contributed by atoms with Crippen LogP contribution in [0.3, 0.4) is 0 Å². The molecule has 0 bridgehead atoms. The van der Waals surface area contributed by atoms with Gasteiger partial charge in [-0.2, -0.15) is 0 Å². The standard InChI is InChI=1S/C20H25NO3/c1-5-14(2)16-10-12-17(13-11-16)21-20(22)15(3)24-19-9-7-6-8-18(19)23-4/h6-15H,5H2,1-4H3,(H,21,22)/t14-,15+/m1/s1. The van der Waals surface area contributed by atoms with Crippen LogP contribution in [0.15, 0.2) is 48.5 Å². The molecule has 0 aliphatic heterocycles. The van der Waals surface area contributed by atoms with Gasteiger partial charge in [0.25, 0.3) is 5.91 Å². The van der Waals surface area contributed by atoms with Crippen molar-refractivity contribution in [3.05, 3.63) is 54.1 Å². The molecule has 0 saturated heterocycles. The highest BCUT2D eigenvalue weighted by Crippen LogP contribution is 2.27. The summed E-state index contributed by atoms with van der Waals surface area (Å²) >= 11 is 0. The molecule has 2 rings (SSSR count). The summed E-state index contributed by atoms with van der Waals surface area (Å²) in [7, 11) is 1.58. The van der Waals surface area contributed by atoms with Gasteiger partial charge < -0.3 is 14.8 Å². The normalized spacial score (nSPS) is 13.0. The van der Waals surface area contributed by atoms with Gasteiger partial charge in [0.15, 0.2) is 17.6 Å². The average Bonchev–Trinajstić information content (AvgIpc) is 2.62. The van der Waals surface area contributed by atoms with Crippen molar-refractivity contribution in [1.29, 1.82) is 0 Å². The Kier molecular flexibility index (Phi) is 6.24. The summed E-state index contributed by atoms with van der Waals surface area (Å²) in [5.41, 5.74) is 2.04. The number of rotatable bonds is 7. The SMILES string of the molecule is CC[C@@H](C)c1ccc(NC(=O)[C@H](C)Oc2ccccc2OC)cc1. The van der Waals surface area contributed by atoms with Gasteiger partial charge in [-0.15, -0.1) is 0 Å². The highest BCUT2D eigenvalue weighted by Gasteiger charge is 2.17. The number of nitrogens with one attached hydrogen (secondary N) is 1. The molecule has 0 radical (unpaired) electrons. The van der Waals surface area contributed by atoms with E-state index >= 15 is 0 Å². The summed E-state index contributed by atoms with van der Waals surface area (Å²) in [5.74, 6) is 1.48. The minimum absolute atomic E-state index is 0.197. The average molecular weight is 327 g/mol. The molecule has 1 amide bonds. The number of methoxy groups -OCH3 is 1. The maximum absolute atomic E-state index is 12.3. The maximum Gasteiger partial charge on any atom is 0.265 e. The third-order valence-corrected chi connectivity index (χ3v) is 4.10. The topological polar surface area (TPSA) is 47.6 Å². The molecule has 0 fully saturated rings. The number of amides is 1. The Hall–Kier alpha value is -2.49. The lowest BCUT2D eigenvalue weighted by atomic mass is 9.99. The predicted molar refractivity (Wildman–Crippen MR) is 96.9 cm³/mol. The Morgan fingerprint density at radius 2 is 1.67 bits per heavy atom. The van der Waals surface area contributed by atoms with Crippen LogP contribution in [0.4, 0.5) is 5.69 Å². The first-order valence-corrected chi connectivity index (χ1v) is 8.25. The van der Waals surface area contributed by atoms with Gasteiger partial charge >= 0.3 is 0 Å². The molecule has 2 aromatic carbocycles. The van der Waals surface area contributed by atoms with Crippen molar-refractivity contribution in [3.8, 4) is 11.5 Å². The zero-order chi connectivity index (χ0) is 17.5. The summed E-state index contributed by atoms with van der Waals surface area (Å²) < 4.78 is 10.9.